The average Bonchev–Trinajstić information content (AvgIpc) is 1.65. The molecule has 1 unspecified atom stereocenters. The molecule has 0 heterocycles. The van der Waals surface area contributed by atoms with Crippen molar-refractivity contribution in [2.75, 3.05) is 0 Å². The lowest BCUT2D eigenvalue weighted by Gasteiger charge is -1.89. The van der Waals surface area contributed by atoms with Gasteiger partial charge in [0, 0.05) is 0 Å². The smallest absolute Gasteiger partial charge is 0.248 e. The Kier molecular flexibility index (Phi) is 2.03. The van der Waals surface area contributed by atoms with Crippen molar-refractivity contribution in [2.24, 2.45) is 5.73 Å². The summed E-state index contributed by atoms with van der Waals surface area (Å²) in [7, 11) is 0. The molecule has 0 aromatic rings. The average molecular weight is 98.1 g/mol. The fraction of sp³-hybridized carbons (Fsp3) is 0.500. The first-order valence-corrected chi connectivity index (χ1v) is 1.88. The molecular formula is C4H6N2O. The normalized spacial score (nSPS) is 12.1. The number of hydrogen-bond donors (Lipinski definition) is 1. The summed E-state index contributed by atoms with van der Waals surface area (Å²) in [6, 6.07) is 0.766. The number of carbonyl (C=O) groups is 1. The maximum Gasteiger partial charge on any atom is 0.248 e. The Morgan fingerprint density at radius 2 is 2.43 bits per heavy atom. The molecule has 0 aromatic carbocycles. The molecule has 0 fully saturated rings. The summed E-state index contributed by atoms with van der Waals surface area (Å²) in [5.41, 5.74) is 4.97. The highest BCUT2D eigenvalue weighted by molar-refractivity contribution is 5.97. The molecule has 38 valence electrons. The Morgan fingerprint density at radius 3 is 2.43 bits per heavy atom. The van der Waals surface area contributed by atoms with Crippen LogP contribution in [-0.4, -0.2) is 11.8 Å². The highest BCUT2D eigenvalue weighted by Gasteiger charge is 2.02. The fourth-order valence-electron chi connectivity index (χ4n) is 0.102. The van der Waals surface area contributed by atoms with Crippen molar-refractivity contribution >= 4 is 5.78 Å². The Morgan fingerprint density at radius 1 is 2.00 bits per heavy atom. The lowest BCUT2D eigenvalue weighted by molar-refractivity contribution is -0.114. The predicted octanol–water partition coefficient (Wildman–Crippen LogP) is -0.574. The minimum atomic E-state index is -0.634. The van der Waals surface area contributed by atoms with E-state index >= 15 is 0 Å². The zero-order valence-electron chi connectivity index (χ0n) is 4.01. The van der Waals surface area contributed by atoms with Crippen LogP contribution in [0.25, 0.3) is 0 Å². The third kappa shape index (κ3) is 1.90. The van der Waals surface area contributed by atoms with Crippen molar-refractivity contribution in [1.82, 2.24) is 0 Å². The molecule has 0 aliphatic rings. The number of rotatable bonds is 1. The lowest BCUT2D eigenvalue weighted by atomic mass is 10.2. The number of nitrogens with two attached hydrogens (primary N) is 1. The van der Waals surface area contributed by atoms with Gasteiger partial charge in [-0.25, -0.2) is 0 Å². The zero-order valence-corrected chi connectivity index (χ0v) is 4.01. The van der Waals surface area contributed by atoms with Crippen LogP contribution >= 0.6 is 0 Å². The number of ketones is 1. The summed E-state index contributed by atoms with van der Waals surface area (Å²) < 4.78 is 0. The SMILES string of the molecule is CC(N)C(=O)C#N. The molecule has 0 aliphatic heterocycles. The Bertz CT molecular complexity index is 111. The highest BCUT2D eigenvalue weighted by Crippen LogP contribution is 1.72. The first kappa shape index (κ1) is 6.12. The molecule has 3 nitrogen and oxygen atoms in total. The van der Waals surface area contributed by atoms with Crippen LogP contribution in [0.5, 0.6) is 0 Å². The molecular weight excluding hydrogens is 92.1 g/mol. The van der Waals surface area contributed by atoms with Crippen molar-refractivity contribution in [3.63, 3.8) is 0 Å². The van der Waals surface area contributed by atoms with Gasteiger partial charge in [-0.2, -0.15) is 5.26 Å². The van der Waals surface area contributed by atoms with Gasteiger partial charge in [0.05, 0.1) is 6.04 Å². The monoisotopic (exact) mass is 98.0 g/mol. The molecule has 0 aliphatic carbocycles. The van der Waals surface area contributed by atoms with Gasteiger partial charge in [-0.1, -0.05) is 0 Å². The molecule has 7 heavy (non-hydrogen) atoms. The Balaban J connectivity index is 3.64. The van der Waals surface area contributed by atoms with Crippen LogP contribution in [-0.2, 0) is 4.79 Å². The van der Waals surface area contributed by atoms with Crippen LogP contribution in [0.1, 0.15) is 6.92 Å². The van der Waals surface area contributed by atoms with E-state index in [2.05, 4.69) is 0 Å². The summed E-state index contributed by atoms with van der Waals surface area (Å²) >= 11 is 0. The van der Waals surface area contributed by atoms with Gasteiger partial charge in [0.2, 0.25) is 5.78 Å². The van der Waals surface area contributed by atoms with E-state index in [0.29, 0.717) is 0 Å². The second-order valence-electron chi connectivity index (χ2n) is 1.26. The van der Waals surface area contributed by atoms with Crippen molar-refractivity contribution < 1.29 is 4.79 Å². The quantitative estimate of drug-likeness (QED) is 0.446. The van der Waals surface area contributed by atoms with Crippen molar-refractivity contribution in [3.05, 3.63) is 0 Å². The molecule has 0 radical (unpaired) electrons. The van der Waals surface area contributed by atoms with Gasteiger partial charge >= 0.3 is 0 Å². The van der Waals surface area contributed by atoms with Crippen LogP contribution < -0.4 is 5.73 Å². The molecule has 0 saturated carbocycles. The molecule has 1 atom stereocenters. The number of carbonyl (C=O) groups excluding carboxylic acids is 1. The Labute approximate surface area is 41.7 Å². The van der Waals surface area contributed by atoms with Gasteiger partial charge < -0.3 is 5.73 Å². The second kappa shape index (κ2) is 2.32. The van der Waals surface area contributed by atoms with Gasteiger partial charge in [-0.15, -0.1) is 0 Å². The van der Waals surface area contributed by atoms with E-state index < -0.39 is 11.8 Å². The summed E-state index contributed by atoms with van der Waals surface area (Å²) in [6.45, 7) is 1.48. The van der Waals surface area contributed by atoms with Crippen molar-refractivity contribution in [3.8, 4) is 6.07 Å². The molecule has 0 amide bonds. The predicted molar refractivity (Wildman–Crippen MR) is 24.3 cm³/mol. The van der Waals surface area contributed by atoms with Crippen LogP contribution in [0.3, 0.4) is 0 Å². The maximum absolute atomic E-state index is 10.0. The first-order chi connectivity index (χ1) is 3.18. The van der Waals surface area contributed by atoms with E-state index in [1.54, 1.807) is 0 Å². The van der Waals surface area contributed by atoms with Crippen LogP contribution in [0.15, 0.2) is 0 Å². The second-order valence-corrected chi connectivity index (χ2v) is 1.26. The largest absolute Gasteiger partial charge is 0.321 e. The van der Waals surface area contributed by atoms with E-state index in [-0.39, 0.29) is 0 Å². The zero-order chi connectivity index (χ0) is 5.86. The van der Waals surface area contributed by atoms with Gasteiger partial charge in [0.15, 0.2) is 0 Å². The van der Waals surface area contributed by atoms with E-state index in [9.17, 15) is 4.79 Å². The topological polar surface area (TPSA) is 66.9 Å². The minimum absolute atomic E-state index is 0.569. The van der Waals surface area contributed by atoms with Gasteiger partial charge in [0.25, 0.3) is 0 Å². The van der Waals surface area contributed by atoms with Crippen molar-refractivity contribution in [2.45, 2.75) is 13.0 Å². The molecule has 2 N–H and O–H groups in total. The lowest BCUT2D eigenvalue weighted by Crippen LogP contribution is -2.24. The van der Waals surface area contributed by atoms with Gasteiger partial charge in [0.1, 0.15) is 6.07 Å². The molecule has 3 heteroatoms. The fourth-order valence-corrected chi connectivity index (χ4v) is 0.102. The summed E-state index contributed by atoms with van der Waals surface area (Å²) in [5.74, 6) is -0.569. The third-order valence-electron chi connectivity index (χ3n) is 0.524. The summed E-state index contributed by atoms with van der Waals surface area (Å²) in [5, 5.41) is 7.83. The van der Waals surface area contributed by atoms with E-state index in [1.807, 2.05) is 0 Å². The Hall–Kier alpha value is -0.880. The van der Waals surface area contributed by atoms with Gasteiger partial charge in [-0.3, -0.25) is 4.79 Å². The van der Waals surface area contributed by atoms with Gasteiger partial charge in [-0.05, 0) is 6.92 Å². The molecule has 0 bridgehead atoms. The van der Waals surface area contributed by atoms with E-state index in [0.717, 1.165) is 0 Å². The third-order valence-corrected chi connectivity index (χ3v) is 0.524. The van der Waals surface area contributed by atoms with E-state index in [1.165, 1.54) is 13.0 Å². The summed E-state index contributed by atoms with van der Waals surface area (Å²) in [4.78, 5) is 10.0. The van der Waals surface area contributed by atoms with Crippen LogP contribution in [0.2, 0.25) is 0 Å². The van der Waals surface area contributed by atoms with Crippen LogP contribution in [0.4, 0.5) is 0 Å². The number of nitriles is 1. The first-order valence-electron chi connectivity index (χ1n) is 1.88. The van der Waals surface area contributed by atoms with Crippen molar-refractivity contribution in [1.29, 1.82) is 5.26 Å². The number of hydrogen-bond acceptors (Lipinski definition) is 3. The van der Waals surface area contributed by atoms with E-state index in [4.69, 9.17) is 11.0 Å². The van der Waals surface area contributed by atoms with Crippen LogP contribution in [0, 0.1) is 11.3 Å². The molecule has 0 rings (SSSR count). The minimum Gasteiger partial charge on any atom is -0.321 e. The molecule has 0 saturated heterocycles. The molecule has 0 spiro atoms. The highest BCUT2D eigenvalue weighted by atomic mass is 16.1. The standard InChI is InChI=1S/C4H6N2O/c1-3(6)4(7)2-5/h3H,6H2,1H3. The number of nitrogens with zero attached hydrogens (tertiary/aromatic N) is 1. The summed E-state index contributed by atoms with van der Waals surface area (Å²) in [6.07, 6.45) is 0. The maximum atomic E-state index is 10.0. The number of Topliss-reactive ketones (excluding diaryl/α,β-unsaturated/α-hetero) is 1. The molecule has 0 aromatic heterocycles.